The van der Waals surface area contributed by atoms with E-state index in [1.54, 1.807) is 0 Å². The SMILES string of the molecule is C=CCN(C)c1ccccc1-c1ccccn1. The molecule has 0 fully saturated rings. The Labute approximate surface area is 102 Å². The van der Waals surface area contributed by atoms with Gasteiger partial charge < -0.3 is 4.90 Å². The lowest BCUT2D eigenvalue weighted by Crippen LogP contribution is -2.17. The van der Waals surface area contributed by atoms with E-state index in [0.717, 1.165) is 17.8 Å². The van der Waals surface area contributed by atoms with Gasteiger partial charge in [-0.15, -0.1) is 6.58 Å². The number of aromatic nitrogens is 1. The van der Waals surface area contributed by atoms with Gasteiger partial charge in [0.25, 0.3) is 0 Å². The number of benzene rings is 1. The Morgan fingerprint density at radius 3 is 2.65 bits per heavy atom. The van der Waals surface area contributed by atoms with Crippen LogP contribution in [-0.4, -0.2) is 18.6 Å². The van der Waals surface area contributed by atoms with Gasteiger partial charge in [0.05, 0.1) is 5.69 Å². The Morgan fingerprint density at radius 1 is 1.18 bits per heavy atom. The number of anilines is 1. The average Bonchev–Trinajstić information content (AvgIpc) is 2.40. The maximum atomic E-state index is 4.40. The van der Waals surface area contributed by atoms with Crippen molar-refractivity contribution in [2.75, 3.05) is 18.5 Å². The van der Waals surface area contributed by atoms with Crippen LogP contribution in [0.5, 0.6) is 0 Å². The van der Waals surface area contributed by atoms with Crippen molar-refractivity contribution < 1.29 is 0 Å². The summed E-state index contributed by atoms with van der Waals surface area (Å²) in [7, 11) is 2.06. The molecule has 17 heavy (non-hydrogen) atoms. The summed E-state index contributed by atoms with van der Waals surface area (Å²) in [5, 5.41) is 0. The lowest BCUT2D eigenvalue weighted by atomic mass is 10.1. The van der Waals surface area contributed by atoms with Gasteiger partial charge in [0.2, 0.25) is 0 Å². The number of para-hydroxylation sites is 1. The third kappa shape index (κ3) is 2.53. The van der Waals surface area contributed by atoms with E-state index >= 15 is 0 Å². The molecule has 0 N–H and O–H groups in total. The van der Waals surface area contributed by atoms with Gasteiger partial charge in [0.1, 0.15) is 0 Å². The highest BCUT2D eigenvalue weighted by Crippen LogP contribution is 2.28. The molecule has 1 aromatic carbocycles. The van der Waals surface area contributed by atoms with Gasteiger partial charge in [-0.05, 0) is 18.2 Å². The molecule has 0 saturated carbocycles. The standard InChI is InChI=1S/C15H16N2/c1-3-12-17(2)15-10-5-4-8-13(15)14-9-6-7-11-16-14/h3-11H,1,12H2,2H3. The fourth-order valence-corrected chi connectivity index (χ4v) is 1.84. The molecule has 0 spiro atoms. The summed E-state index contributed by atoms with van der Waals surface area (Å²) >= 11 is 0. The Kier molecular flexibility index (Phi) is 3.55. The van der Waals surface area contributed by atoms with Crippen LogP contribution in [0.2, 0.25) is 0 Å². The van der Waals surface area contributed by atoms with E-state index < -0.39 is 0 Å². The van der Waals surface area contributed by atoms with E-state index in [1.165, 1.54) is 5.69 Å². The number of pyridine rings is 1. The lowest BCUT2D eigenvalue weighted by molar-refractivity contribution is 1.03. The first-order chi connectivity index (χ1) is 8.33. The summed E-state index contributed by atoms with van der Waals surface area (Å²) in [6, 6.07) is 14.2. The smallest absolute Gasteiger partial charge is 0.0722 e. The number of likely N-dealkylation sites (N-methyl/N-ethyl adjacent to an activating group) is 1. The minimum atomic E-state index is 0.823. The van der Waals surface area contributed by atoms with E-state index in [-0.39, 0.29) is 0 Å². The van der Waals surface area contributed by atoms with E-state index in [0.29, 0.717) is 0 Å². The molecular formula is C15H16N2. The van der Waals surface area contributed by atoms with Crippen LogP contribution in [0.15, 0.2) is 61.3 Å². The van der Waals surface area contributed by atoms with Crippen molar-refractivity contribution in [2.45, 2.75) is 0 Å². The van der Waals surface area contributed by atoms with E-state index in [9.17, 15) is 0 Å². The van der Waals surface area contributed by atoms with Gasteiger partial charge in [0, 0.05) is 31.0 Å². The maximum Gasteiger partial charge on any atom is 0.0722 e. The third-order valence-electron chi connectivity index (χ3n) is 2.66. The fraction of sp³-hybridized carbons (Fsp3) is 0.133. The summed E-state index contributed by atoms with van der Waals surface area (Å²) in [5.41, 5.74) is 3.32. The van der Waals surface area contributed by atoms with Crippen LogP contribution in [0.4, 0.5) is 5.69 Å². The van der Waals surface area contributed by atoms with Gasteiger partial charge >= 0.3 is 0 Å². The summed E-state index contributed by atoms with van der Waals surface area (Å²) in [6.07, 6.45) is 3.72. The molecule has 1 aromatic heterocycles. The van der Waals surface area contributed by atoms with Crippen molar-refractivity contribution in [1.82, 2.24) is 4.98 Å². The highest BCUT2D eigenvalue weighted by molar-refractivity contribution is 5.76. The van der Waals surface area contributed by atoms with Crippen molar-refractivity contribution in [1.29, 1.82) is 0 Å². The first-order valence-corrected chi connectivity index (χ1v) is 5.65. The molecule has 0 aliphatic heterocycles. The van der Waals surface area contributed by atoms with Crippen LogP contribution in [0.1, 0.15) is 0 Å². The molecule has 2 heteroatoms. The Bertz CT molecular complexity index is 491. The number of nitrogens with zero attached hydrogens (tertiary/aromatic N) is 2. The molecule has 0 bridgehead atoms. The van der Waals surface area contributed by atoms with Crippen LogP contribution in [0.25, 0.3) is 11.3 Å². The zero-order valence-electron chi connectivity index (χ0n) is 10.0. The van der Waals surface area contributed by atoms with Gasteiger partial charge in [-0.25, -0.2) is 0 Å². The van der Waals surface area contributed by atoms with Crippen LogP contribution in [-0.2, 0) is 0 Å². The largest absolute Gasteiger partial charge is 0.370 e. The van der Waals surface area contributed by atoms with E-state index in [1.807, 2.05) is 42.6 Å². The van der Waals surface area contributed by atoms with Crippen LogP contribution in [0, 0.1) is 0 Å². The quantitative estimate of drug-likeness (QED) is 0.740. The Hall–Kier alpha value is -2.09. The molecule has 0 radical (unpaired) electrons. The van der Waals surface area contributed by atoms with Crippen molar-refractivity contribution in [3.8, 4) is 11.3 Å². The monoisotopic (exact) mass is 224 g/mol. The van der Waals surface area contributed by atoms with Crippen molar-refractivity contribution in [3.63, 3.8) is 0 Å². The van der Waals surface area contributed by atoms with Crippen molar-refractivity contribution in [3.05, 3.63) is 61.3 Å². The predicted molar refractivity (Wildman–Crippen MR) is 73.1 cm³/mol. The van der Waals surface area contributed by atoms with Gasteiger partial charge in [0.15, 0.2) is 0 Å². The first-order valence-electron chi connectivity index (χ1n) is 5.65. The van der Waals surface area contributed by atoms with Crippen LogP contribution < -0.4 is 4.90 Å². The lowest BCUT2D eigenvalue weighted by Gasteiger charge is -2.20. The minimum Gasteiger partial charge on any atom is -0.370 e. The number of hydrogen-bond acceptors (Lipinski definition) is 2. The summed E-state index contributed by atoms with van der Waals surface area (Å²) in [5.74, 6) is 0. The number of hydrogen-bond donors (Lipinski definition) is 0. The van der Waals surface area contributed by atoms with Gasteiger partial charge in [-0.2, -0.15) is 0 Å². The molecule has 2 aromatic rings. The summed E-state index contributed by atoms with van der Waals surface area (Å²) in [6.45, 7) is 4.59. The zero-order chi connectivity index (χ0) is 12.1. The number of rotatable bonds is 4. The van der Waals surface area contributed by atoms with Crippen LogP contribution in [0.3, 0.4) is 0 Å². The molecule has 0 aliphatic rings. The second-order valence-corrected chi connectivity index (χ2v) is 3.90. The molecule has 1 heterocycles. The fourth-order valence-electron chi connectivity index (χ4n) is 1.84. The molecule has 0 saturated heterocycles. The molecule has 86 valence electrons. The normalized spacial score (nSPS) is 9.94. The molecule has 0 unspecified atom stereocenters. The molecule has 2 nitrogen and oxygen atoms in total. The average molecular weight is 224 g/mol. The second kappa shape index (κ2) is 5.30. The molecular weight excluding hydrogens is 208 g/mol. The summed E-state index contributed by atoms with van der Waals surface area (Å²) in [4.78, 5) is 6.56. The van der Waals surface area contributed by atoms with Crippen molar-refractivity contribution >= 4 is 5.69 Å². The van der Waals surface area contributed by atoms with Crippen LogP contribution >= 0.6 is 0 Å². The summed E-state index contributed by atoms with van der Waals surface area (Å²) < 4.78 is 0. The Balaban J connectivity index is 2.44. The van der Waals surface area contributed by atoms with E-state index in [2.05, 4.69) is 35.6 Å². The zero-order valence-corrected chi connectivity index (χ0v) is 10.0. The highest BCUT2D eigenvalue weighted by atomic mass is 15.1. The maximum absolute atomic E-state index is 4.40. The van der Waals surface area contributed by atoms with E-state index in [4.69, 9.17) is 0 Å². The molecule has 2 rings (SSSR count). The third-order valence-corrected chi connectivity index (χ3v) is 2.66. The topological polar surface area (TPSA) is 16.1 Å². The molecule has 0 amide bonds. The second-order valence-electron chi connectivity index (χ2n) is 3.90. The molecule has 0 aliphatic carbocycles. The minimum absolute atomic E-state index is 0.823. The van der Waals surface area contributed by atoms with Crippen molar-refractivity contribution in [2.24, 2.45) is 0 Å². The predicted octanol–water partition coefficient (Wildman–Crippen LogP) is 3.37. The Morgan fingerprint density at radius 2 is 1.94 bits per heavy atom. The highest BCUT2D eigenvalue weighted by Gasteiger charge is 2.07. The molecule has 0 atom stereocenters. The first kappa shape index (κ1) is 11.4. The van der Waals surface area contributed by atoms with Gasteiger partial charge in [-0.3, -0.25) is 4.98 Å². The van der Waals surface area contributed by atoms with Gasteiger partial charge in [-0.1, -0.05) is 30.3 Å².